The Balaban J connectivity index is 5.31. The van der Waals surface area contributed by atoms with Gasteiger partial charge in [-0.3, -0.25) is 37.3 Å². The molecule has 0 spiro atoms. The van der Waals surface area contributed by atoms with Crippen molar-refractivity contribution in [1.82, 2.24) is 0 Å². The number of phosphoric ester groups is 2. The zero-order valence-corrected chi connectivity index (χ0v) is 63.7. The first-order chi connectivity index (χ1) is 47.7. The van der Waals surface area contributed by atoms with Gasteiger partial charge in [-0.15, -0.1) is 0 Å². The van der Waals surface area contributed by atoms with Crippen LogP contribution >= 0.6 is 15.6 Å². The average molecular weight is 1420 g/mol. The molecule has 17 nitrogen and oxygen atoms in total. The maximum atomic E-state index is 13.1. The van der Waals surface area contributed by atoms with Crippen molar-refractivity contribution < 1.29 is 80.2 Å². The summed E-state index contributed by atoms with van der Waals surface area (Å²) in [5.41, 5.74) is 0. The second kappa shape index (κ2) is 71.6. The summed E-state index contributed by atoms with van der Waals surface area (Å²) in [6.07, 6.45) is 72.9. The SMILES string of the molecule is CC/C=C\C/C=C\C/C=C\C/C=C\C/C=C\CCCCCC(=O)OCC(COP(=O)(O)OCC(O)COP(=O)(O)OCC(COC(=O)CCCCCCCCCCCCCCCCC)OC(=O)CCCCCCC/C=C\C/C=C\CCC)OC(=O)CCCCCCCCCCCCC. The van der Waals surface area contributed by atoms with Crippen molar-refractivity contribution in [2.75, 3.05) is 39.6 Å². The zero-order valence-electron chi connectivity index (χ0n) is 62.0. The molecule has 568 valence electrons. The van der Waals surface area contributed by atoms with Gasteiger partial charge in [-0.25, -0.2) is 9.13 Å². The van der Waals surface area contributed by atoms with Crippen LogP contribution in [-0.2, 0) is 65.4 Å². The van der Waals surface area contributed by atoms with Crippen LogP contribution in [-0.4, -0.2) is 96.7 Å². The van der Waals surface area contributed by atoms with Crippen LogP contribution in [0.3, 0.4) is 0 Å². The summed E-state index contributed by atoms with van der Waals surface area (Å²) >= 11 is 0. The lowest BCUT2D eigenvalue weighted by molar-refractivity contribution is -0.161. The number of hydrogen-bond donors (Lipinski definition) is 3. The van der Waals surface area contributed by atoms with Gasteiger partial charge < -0.3 is 33.8 Å². The largest absolute Gasteiger partial charge is 0.472 e. The van der Waals surface area contributed by atoms with E-state index in [1.807, 2.05) is 0 Å². The first-order valence-corrected chi connectivity index (χ1v) is 41.8. The summed E-state index contributed by atoms with van der Waals surface area (Å²) in [6, 6.07) is 0. The fourth-order valence-corrected chi connectivity index (χ4v) is 12.0. The molecule has 0 aliphatic carbocycles. The van der Waals surface area contributed by atoms with Crippen LogP contribution in [0.5, 0.6) is 0 Å². The van der Waals surface area contributed by atoms with Gasteiger partial charge in [0.2, 0.25) is 0 Å². The molecule has 0 saturated carbocycles. The van der Waals surface area contributed by atoms with Crippen LogP contribution in [0.2, 0.25) is 0 Å². The van der Waals surface area contributed by atoms with Crippen molar-refractivity contribution in [3.63, 3.8) is 0 Å². The highest BCUT2D eigenvalue weighted by atomic mass is 31.2. The van der Waals surface area contributed by atoms with Crippen molar-refractivity contribution in [1.29, 1.82) is 0 Å². The molecule has 0 aromatic rings. The topological polar surface area (TPSA) is 237 Å². The Morgan fingerprint density at radius 1 is 0.296 bits per heavy atom. The Labute approximate surface area is 595 Å². The number of allylic oxidation sites excluding steroid dienone is 14. The van der Waals surface area contributed by atoms with E-state index in [-0.39, 0.29) is 25.7 Å². The van der Waals surface area contributed by atoms with Crippen molar-refractivity contribution in [2.45, 2.75) is 354 Å². The molecule has 0 saturated heterocycles. The molecule has 98 heavy (non-hydrogen) atoms. The average Bonchev–Trinajstić information content (AvgIpc) is 1.00. The lowest BCUT2D eigenvalue weighted by Crippen LogP contribution is -2.30. The first-order valence-electron chi connectivity index (χ1n) is 38.8. The zero-order chi connectivity index (χ0) is 71.8. The summed E-state index contributed by atoms with van der Waals surface area (Å²) < 4.78 is 68.4. The van der Waals surface area contributed by atoms with Crippen LogP contribution in [0.4, 0.5) is 0 Å². The van der Waals surface area contributed by atoms with Gasteiger partial charge in [-0.2, -0.15) is 0 Å². The van der Waals surface area contributed by atoms with Crippen LogP contribution in [0.1, 0.15) is 336 Å². The van der Waals surface area contributed by atoms with E-state index in [0.717, 1.165) is 148 Å². The first kappa shape index (κ1) is 94.2. The number of aliphatic hydroxyl groups excluding tert-OH is 1. The van der Waals surface area contributed by atoms with Crippen molar-refractivity contribution in [3.8, 4) is 0 Å². The smallest absolute Gasteiger partial charge is 0.462 e. The van der Waals surface area contributed by atoms with Gasteiger partial charge >= 0.3 is 39.5 Å². The molecule has 0 heterocycles. The monoisotopic (exact) mass is 1420 g/mol. The molecule has 5 atom stereocenters. The standard InChI is InChI=1S/C79H140O17P2/c1-5-9-13-17-21-25-29-32-34-35-36-37-39-42-45-48-52-56-60-64-77(82)89-69-74(95-78(83)65-61-57-53-49-43-28-24-20-16-12-8-4)71-93-97(85,86)91-67-73(80)68-92-98(87,88)94-72-75(96-79(84)66-62-58-54-50-46-40-31-27-23-19-15-11-7-3)70-90-76(81)63-59-55-51-47-44-41-38-33-30-26-22-18-14-10-6-2/h9,13,15,19,21,25,27,31-32,34,36-37,42,45,73-75,80H,5-8,10-12,14,16-18,20,22-24,26,28-30,33,35,38-41,43-44,46-72H2,1-4H3,(H,85,86)(H,87,88)/b13-9-,19-15-,25-21-,31-27-,34-32-,37-36-,45-42-. The van der Waals surface area contributed by atoms with Gasteiger partial charge in [0, 0.05) is 25.7 Å². The molecule has 0 aromatic carbocycles. The molecular weight excluding hydrogens is 1280 g/mol. The number of ether oxygens (including phenoxy) is 4. The molecule has 5 unspecified atom stereocenters. The van der Waals surface area contributed by atoms with Gasteiger partial charge in [-0.05, 0) is 96.3 Å². The highest BCUT2D eigenvalue weighted by Crippen LogP contribution is 2.45. The second-order valence-corrected chi connectivity index (χ2v) is 28.8. The predicted octanol–water partition coefficient (Wildman–Crippen LogP) is 22.2. The second-order valence-electron chi connectivity index (χ2n) is 25.9. The van der Waals surface area contributed by atoms with Crippen molar-refractivity contribution in [2.24, 2.45) is 0 Å². The van der Waals surface area contributed by atoms with E-state index in [0.29, 0.717) is 25.7 Å². The molecule has 0 aromatic heterocycles. The normalized spacial score (nSPS) is 14.4. The number of unbranched alkanes of at least 4 members (excludes halogenated alkanes) is 33. The molecule has 0 rings (SSSR count). The fraction of sp³-hybridized carbons (Fsp3) is 0.772. The number of carbonyl (C=O) groups is 4. The molecular formula is C79H140O17P2. The summed E-state index contributed by atoms with van der Waals surface area (Å²) in [5, 5.41) is 10.6. The van der Waals surface area contributed by atoms with E-state index in [1.165, 1.54) is 109 Å². The van der Waals surface area contributed by atoms with Crippen LogP contribution in [0.15, 0.2) is 85.1 Å². The molecule has 19 heteroatoms. The Hall–Kier alpha value is -3.76. The molecule has 0 bridgehead atoms. The lowest BCUT2D eigenvalue weighted by atomic mass is 10.0. The molecule has 0 amide bonds. The van der Waals surface area contributed by atoms with Crippen LogP contribution < -0.4 is 0 Å². The third kappa shape index (κ3) is 70.7. The van der Waals surface area contributed by atoms with Crippen LogP contribution in [0, 0.1) is 0 Å². The summed E-state index contributed by atoms with van der Waals surface area (Å²) in [5.74, 6) is -2.20. The quantitative estimate of drug-likeness (QED) is 0.0169. The number of phosphoric acid groups is 2. The molecule has 0 radical (unpaired) electrons. The Morgan fingerprint density at radius 3 is 0.867 bits per heavy atom. The Bertz CT molecular complexity index is 2190. The molecule has 0 fully saturated rings. The Kier molecular flexibility index (Phi) is 68.9. The third-order valence-corrected chi connectivity index (χ3v) is 18.3. The van der Waals surface area contributed by atoms with Crippen LogP contribution in [0.25, 0.3) is 0 Å². The predicted molar refractivity (Wildman–Crippen MR) is 399 cm³/mol. The third-order valence-electron chi connectivity index (χ3n) is 16.4. The molecule has 0 aliphatic rings. The minimum Gasteiger partial charge on any atom is -0.462 e. The highest BCUT2D eigenvalue weighted by Gasteiger charge is 2.30. The minimum absolute atomic E-state index is 0.0819. The van der Waals surface area contributed by atoms with E-state index in [1.54, 1.807) is 0 Å². The summed E-state index contributed by atoms with van der Waals surface area (Å²) in [6.45, 7) is 4.68. The summed E-state index contributed by atoms with van der Waals surface area (Å²) in [4.78, 5) is 72.8. The Morgan fingerprint density at radius 2 is 0.551 bits per heavy atom. The summed E-state index contributed by atoms with van der Waals surface area (Å²) in [7, 11) is -9.95. The van der Waals surface area contributed by atoms with Gasteiger partial charge in [0.05, 0.1) is 26.4 Å². The maximum absolute atomic E-state index is 13.1. The number of rotatable bonds is 73. The molecule has 0 aliphatic heterocycles. The number of hydrogen-bond acceptors (Lipinski definition) is 15. The minimum atomic E-state index is -4.98. The van der Waals surface area contributed by atoms with Gasteiger partial charge in [-0.1, -0.05) is 299 Å². The van der Waals surface area contributed by atoms with E-state index in [4.69, 9.17) is 37.0 Å². The number of aliphatic hydroxyl groups is 1. The number of carbonyl (C=O) groups excluding carboxylic acids is 4. The van der Waals surface area contributed by atoms with Gasteiger partial charge in [0.1, 0.15) is 19.3 Å². The number of esters is 4. The maximum Gasteiger partial charge on any atom is 0.472 e. The van der Waals surface area contributed by atoms with E-state index in [9.17, 15) is 43.2 Å². The highest BCUT2D eigenvalue weighted by molar-refractivity contribution is 7.47. The van der Waals surface area contributed by atoms with E-state index < -0.39 is 97.5 Å². The lowest BCUT2D eigenvalue weighted by Gasteiger charge is -2.21. The van der Waals surface area contributed by atoms with Gasteiger partial charge in [0.25, 0.3) is 0 Å². The molecule has 3 N–H and O–H groups in total. The van der Waals surface area contributed by atoms with E-state index in [2.05, 4.69) is 113 Å². The van der Waals surface area contributed by atoms with E-state index >= 15 is 0 Å². The van der Waals surface area contributed by atoms with Gasteiger partial charge in [0.15, 0.2) is 12.2 Å². The van der Waals surface area contributed by atoms with Crippen molar-refractivity contribution in [3.05, 3.63) is 85.1 Å². The van der Waals surface area contributed by atoms with Crippen molar-refractivity contribution >= 4 is 39.5 Å². The fourth-order valence-electron chi connectivity index (χ4n) is 10.5.